The summed E-state index contributed by atoms with van der Waals surface area (Å²) in [6, 6.07) is 86.2. The van der Waals surface area contributed by atoms with Crippen molar-refractivity contribution in [2.45, 2.75) is 0 Å². The first-order chi connectivity index (χ1) is 29.7. The van der Waals surface area contributed by atoms with Crippen LogP contribution in [0.3, 0.4) is 0 Å². The summed E-state index contributed by atoms with van der Waals surface area (Å²) >= 11 is 1.86. The zero-order chi connectivity index (χ0) is 39.8. The molecule has 0 aliphatic rings. The van der Waals surface area contributed by atoms with Gasteiger partial charge in [-0.25, -0.2) is 0 Å². The average Bonchev–Trinajstić information content (AvgIpc) is 3.70. The summed E-state index contributed by atoms with van der Waals surface area (Å²) < 4.78 is 2.64. The molecule has 0 aliphatic carbocycles. The smallest absolute Gasteiger partial charge is 0.0540 e. The number of hydrogen-bond donors (Lipinski definition) is 0. The summed E-state index contributed by atoms with van der Waals surface area (Å²) in [5.74, 6) is 0. The van der Waals surface area contributed by atoms with E-state index in [4.69, 9.17) is 0 Å². The number of anilines is 3. The van der Waals surface area contributed by atoms with Gasteiger partial charge in [-0.15, -0.1) is 11.3 Å². The molecule has 1 heterocycles. The second kappa shape index (κ2) is 15.3. The highest BCUT2D eigenvalue weighted by Crippen LogP contribution is 2.44. The number of para-hydroxylation sites is 1. The topological polar surface area (TPSA) is 3.24 Å². The lowest BCUT2D eigenvalue weighted by atomic mass is 9.95. The lowest BCUT2D eigenvalue weighted by Crippen LogP contribution is -2.11. The van der Waals surface area contributed by atoms with Crippen molar-refractivity contribution in [2.75, 3.05) is 4.90 Å². The highest BCUT2D eigenvalue weighted by molar-refractivity contribution is 7.25. The second-order valence-corrected chi connectivity index (χ2v) is 16.4. The summed E-state index contributed by atoms with van der Waals surface area (Å²) in [4.78, 5) is 2.41. The fourth-order valence-electron chi connectivity index (χ4n) is 8.69. The van der Waals surface area contributed by atoms with Gasteiger partial charge in [-0.05, 0) is 115 Å². The van der Waals surface area contributed by atoms with Crippen molar-refractivity contribution in [2.24, 2.45) is 0 Å². The lowest BCUT2D eigenvalue weighted by molar-refractivity contribution is 1.28. The zero-order valence-electron chi connectivity index (χ0n) is 32.9. The molecule has 0 bridgehead atoms. The fourth-order valence-corrected chi connectivity index (χ4v) is 9.78. The van der Waals surface area contributed by atoms with Crippen molar-refractivity contribution in [1.82, 2.24) is 0 Å². The molecule has 1 aromatic heterocycles. The fraction of sp³-hybridized carbons (Fsp3) is 0. The number of nitrogens with zero attached hydrogens (tertiary/aromatic N) is 1. The van der Waals surface area contributed by atoms with Gasteiger partial charge in [0.1, 0.15) is 0 Å². The van der Waals surface area contributed by atoms with Crippen LogP contribution < -0.4 is 4.90 Å². The molecule has 10 aromatic carbocycles. The molecule has 1 nitrogen and oxygen atoms in total. The standard InChI is InChI=1S/C58H39NS/c1-2-13-40(14-3-1)41-27-29-44(30-28-41)53-22-6-8-25-56(53)59(49-34-31-42(32-35-49)47-33-36-58-55(39-47)54-23-7-9-26-57(54)60-58)50-20-11-18-46(38-50)45-17-10-19-48(37-45)52-24-12-16-43-15-4-5-21-51(43)52/h1-39H. The Bertz CT molecular complexity index is 3300. The first-order valence-corrected chi connectivity index (χ1v) is 21.3. The number of rotatable bonds is 8. The Labute approximate surface area is 354 Å². The van der Waals surface area contributed by atoms with E-state index in [2.05, 4.69) is 241 Å². The summed E-state index contributed by atoms with van der Waals surface area (Å²) in [6.07, 6.45) is 0. The van der Waals surface area contributed by atoms with Crippen molar-refractivity contribution < 1.29 is 0 Å². The maximum Gasteiger partial charge on any atom is 0.0540 e. The maximum atomic E-state index is 2.41. The zero-order valence-corrected chi connectivity index (χ0v) is 33.7. The van der Waals surface area contributed by atoms with Gasteiger partial charge in [0.15, 0.2) is 0 Å². The highest BCUT2D eigenvalue weighted by Gasteiger charge is 2.19. The van der Waals surface area contributed by atoms with E-state index >= 15 is 0 Å². The van der Waals surface area contributed by atoms with Gasteiger partial charge in [0.25, 0.3) is 0 Å². The molecule has 282 valence electrons. The molecule has 0 saturated heterocycles. The van der Waals surface area contributed by atoms with E-state index in [1.807, 2.05) is 11.3 Å². The SMILES string of the molecule is c1ccc(-c2ccc(-c3ccccc3N(c3ccc(-c4ccc5sc6ccccc6c5c4)cc3)c3cccc(-c4cccc(-c5cccc6ccccc56)c4)c3)cc2)cc1. The Morgan fingerprint density at radius 2 is 0.800 bits per heavy atom. The minimum absolute atomic E-state index is 1.09. The highest BCUT2D eigenvalue weighted by atomic mass is 32.1. The van der Waals surface area contributed by atoms with Gasteiger partial charge in [-0.2, -0.15) is 0 Å². The van der Waals surface area contributed by atoms with Gasteiger partial charge in [0.2, 0.25) is 0 Å². The number of fused-ring (bicyclic) bond motifs is 4. The minimum atomic E-state index is 1.09. The summed E-state index contributed by atoms with van der Waals surface area (Å²) in [7, 11) is 0. The van der Waals surface area contributed by atoms with E-state index in [1.54, 1.807) is 0 Å². The molecule has 0 amide bonds. The third kappa shape index (κ3) is 6.63. The van der Waals surface area contributed by atoms with Crippen molar-refractivity contribution >= 4 is 59.3 Å². The van der Waals surface area contributed by atoms with Gasteiger partial charge < -0.3 is 4.90 Å². The maximum absolute atomic E-state index is 2.41. The van der Waals surface area contributed by atoms with Crippen LogP contribution in [0.5, 0.6) is 0 Å². The van der Waals surface area contributed by atoms with Crippen LogP contribution in [0.4, 0.5) is 17.1 Å². The molecular weight excluding hydrogens is 743 g/mol. The molecular formula is C58H39NS. The molecule has 0 unspecified atom stereocenters. The van der Waals surface area contributed by atoms with E-state index in [9.17, 15) is 0 Å². The van der Waals surface area contributed by atoms with Crippen LogP contribution in [0.25, 0.3) is 86.6 Å². The van der Waals surface area contributed by atoms with Gasteiger partial charge in [0, 0.05) is 37.1 Å². The Morgan fingerprint density at radius 1 is 0.267 bits per heavy atom. The van der Waals surface area contributed by atoms with Crippen molar-refractivity contribution in [3.05, 3.63) is 237 Å². The quantitative estimate of drug-likeness (QED) is 0.148. The molecule has 0 aliphatic heterocycles. The molecule has 0 saturated carbocycles. The van der Waals surface area contributed by atoms with Crippen LogP contribution in [-0.2, 0) is 0 Å². The summed E-state index contributed by atoms with van der Waals surface area (Å²) in [5.41, 5.74) is 15.3. The molecule has 0 spiro atoms. The third-order valence-corrected chi connectivity index (χ3v) is 12.8. The van der Waals surface area contributed by atoms with Gasteiger partial charge in [-0.3, -0.25) is 0 Å². The Balaban J connectivity index is 1.02. The van der Waals surface area contributed by atoms with E-state index in [0.717, 1.165) is 22.6 Å². The third-order valence-electron chi connectivity index (χ3n) is 11.7. The van der Waals surface area contributed by atoms with Crippen LogP contribution in [-0.4, -0.2) is 0 Å². The van der Waals surface area contributed by atoms with Crippen molar-refractivity contribution in [3.63, 3.8) is 0 Å². The van der Waals surface area contributed by atoms with Crippen LogP contribution in [0.15, 0.2) is 237 Å². The second-order valence-electron chi connectivity index (χ2n) is 15.3. The Kier molecular flexibility index (Phi) is 9.11. The van der Waals surface area contributed by atoms with Crippen LogP contribution in [0.1, 0.15) is 0 Å². The number of benzene rings is 10. The molecule has 0 fully saturated rings. The lowest BCUT2D eigenvalue weighted by Gasteiger charge is -2.28. The van der Waals surface area contributed by atoms with Crippen molar-refractivity contribution in [1.29, 1.82) is 0 Å². The largest absolute Gasteiger partial charge is 0.310 e. The summed E-state index contributed by atoms with van der Waals surface area (Å²) in [6.45, 7) is 0. The molecule has 0 radical (unpaired) electrons. The van der Waals surface area contributed by atoms with Crippen LogP contribution >= 0.6 is 11.3 Å². The van der Waals surface area contributed by atoms with Crippen molar-refractivity contribution in [3.8, 4) is 55.6 Å². The average molecular weight is 782 g/mol. The van der Waals surface area contributed by atoms with Gasteiger partial charge >= 0.3 is 0 Å². The normalized spacial score (nSPS) is 11.3. The van der Waals surface area contributed by atoms with Crippen LogP contribution in [0, 0.1) is 0 Å². The van der Waals surface area contributed by atoms with E-state index in [-0.39, 0.29) is 0 Å². The Morgan fingerprint density at radius 3 is 1.67 bits per heavy atom. The number of hydrogen-bond acceptors (Lipinski definition) is 2. The van der Waals surface area contributed by atoms with E-state index in [0.29, 0.717) is 0 Å². The summed E-state index contributed by atoms with van der Waals surface area (Å²) in [5, 5.41) is 5.14. The first kappa shape index (κ1) is 35.6. The van der Waals surface area contributed by atoms with Crippen LogP contribution in [0.2, 0.25) is 0 Å². The number of thiophene rings is 1. The van der Waals surface area contributed by atoms with Gasteiger partial charge in [0.05, 0.1) is 5.69 Å². The molecule has 60 heavy (non-hydrogen) atoms. The minimum Gasteiger partial charge on any atom is -0.310 e. The van der Waals surface area contributed by atoms with E-state index < -0.39 is 0 Å². The molecule has 2 heteroatoms. The molecule has 0 atom stereocenters. The molecule has 0 N–H and O–H groups in total. The molecule has 11 rings (SSSR count). The molecule has 11 aromatic rings. The predicted molar refractivity (Wildman–Crippen MR) is 259 cm³/mol. The monoisotopic (exact) mass is 781 g/mol. The Hall–Kier alpha value is -7.52. The first-order valence-electron chi connectivity index (χ1n) is 20.5. The van der Waals surface area contributed by atoms with E-state index in [1.165, 1.54) is 81.0 Å². The predicted octanol–water partition coefficient (Wildman–Crippen LogP) is 17.0. The van der Waals surface area contributed by atoms with Gasteiger partial charge in [-0.1, -0.05) is 182 Å².